The minimum absolute atomic E-state index is 0.139. The lowest BCUT2D eigenvalue weighted by Crippen LogP contribution is -2.40. The molecular weight excluding hydrogens is 232 g/mol. The minimum Gasteiger partial charge on any atom is -0.378 e. The second-order valence-electron chi connectivity index (χ2n) is 4.67. The Morgan fingerprint density at radius 1 is 1.50 bits per heavy atom. The smallest absolute Gasteiger partial charge is 0.292 e. The number of anilines is 1. The second-order valence-corrected chi connectivity index (χ2v) is 4.67. The van der Waals surface area contributed by atoms with Crippen LogP contribution >= 0.6 is 0 Å². The van der Waals surface area contributed by atoms with E-state index < -0.39 is 0 Å². The maximum Gasteiger partial charge on any atom is 0.292 e. The molecule has 1 aromatic carbocycles. The highest BCUT2D eigenvalue weighted by Crippen LogP contribution is 2.31. The zero-order valence-corrected chi connectivity index (χ0v) is 10.7. The molecule has 1 aliphatic carbocycles. The standard InChI is InChI=1S/C13H18N2O3/c1-3-18-11-7-10(8-11)14-12-6-9(2)4-5-13(12)15(16)17/h4-6,10-11,14H,3,7-8H2,1-2H3. The maximum atomic E-state index is 10.9. The SMILES string of the molecule is CCOC1CC(Nc2cc(C)ccc2[N+](=O)[O-])C1. The van der Waals surface area contributed by atoms with Gasteiger partial charge in [0.1, 0.15) is 5.69 Å². The van der Waals surface area contributed by atoms with Crippen LogP contribution in [0, 0.1) is 17.0 Å². The van der Waals surface area contributed by atoms with E-state index in [0.717, 1.165) is 25.0 Å². The van der Waals surface area contributed by atoms with E-state index in [1.54, 1.807) is 12.1 Å². The molecule has 0 spiro atoms. The van der Waals surface area contributed by atoms with Crippen LogP contribution in [0.1, 0.15) is 25.3 Å². The van der Waals surface area contributed by atoms with Crippen LogP contribution in [0.4, 0.5) is 11.4 Å². The molecule has 0 atom stereocenters. The van der Waals surface area contributed by atoms with E-state index in [9.17, 15) is 10.1 Å². The van der Waals surface area contributed by atoms with Crippen LogP contribution in [0.15, 0.2) is 18.2 Å². The Bertz CT molecular complexity index is 442. The summed E-state index contributed by atoms with van der Waals surface area (Å²) in [6, 6.07) is 5.41. The number of nitrogens with one attached hydrogen (secondary N) is 1. The third-order valence-corrected chi connectivity index (χ3v) is 3.21. The van der Waals surface area contributed by atoms with Gasteiger partial charge >= 0.3 is 0 Å². The summed E-state index contributed by atoms with van der Waals surface area (Å²) in [5.41, 5.74) is 1.77. The first-order chi connectivity index (χ1) is 8.60. The van der Waals surface area contributed by atoms with Crippen LogP contribution in [-0.4, -0.2) is 23.7 Å². The second kappa shape index (κ2) is 5.35. The molecule has 0 amide bonds. The molecule has 0 bridgehead atoms. The number of hydrogen-bond acceptors (Lipinski definition) is 4. The van der Waals surface area contributed by atoms with Crippen molar-refractivity contribution in [2.24, 2.45) is 0 Å². The van der Waals surface area contributed by atoms with Crippen molar-refractivity contribution >= 4 is 11.4 Å². The molecular formula is C13H18N2O3. The average Bonchev–Trinajstić information content (AvgIpc) is 2.26. The number of nitro benzene ring substituents is 1. The van der Waals surface area contributed by atoms with Gasteiger partial charge in [-0.05, 0) is 38.3 Å². The number of aryl methyl sites for hydroxylation is 1. The predicted octanol–water partition coefficient (Wildman–Crippen LogP) is 2.88. The maximum absolute atomic E-state index is 10.9. The summed E-state index contributed by atoms with van der Waals surface area (Å²) < 4.78 is 5.47. The van der Waals surface area contributed by atoms with Crippen LogP contribution in [-0.2, 0) is 4.74 Å². The summed E-state index contributed by atoms with van der Waals surface area (Å²) in [6.45, 7) is 4.63. The van der Waals surface area contributed by atoms with Gasteiger partial charge in [0.2, 0.25) is 0 Å². The van der Waals surface area contributed by atoms with Crippen molar-refractivity contribution in [1.29, 1.82) is 0 Å². The van der Waals surface area contributed by atoms with Crippen molar-refractivity contribution < 1.29 is 9.66 Å². The zero-order valence-electron chi connectivity index (χ0n) is 10.7. The average molecular weight is 250 g/mol. The van der Waals surface area contributed by atoms with Gasteiger partial charge in [-0.2, -0.15) is 0 Å². The van der Waals surface area contributed by atoms with Crippen molar-refractivity contribution in [2.75, 3.05) is 11.9 Å². The lowest BCUT2D eigenvalue weighted by Gasteiger charge is -2.35. The monoisotopic (exact) mass is 250 g/mol. The molecule has 1 N–H and O–H groups in total. The Kier molecular flexibility index (Phi) is 3.81. The molecule has 5 nitrogen and oxygen atoms in total. The van der Waals surface area contributed by atoms with E-state index in [2.05, 4.69) is 5.32 Å². The molecule has 1 aliphatic rings. The Balaban J connectivity index is 2.01. The molecule has 98 valence electrons. The highest BCUT2D eigenvalue weighted by Gasteiger charge is 2.30. The zero-order chi connectivity index (χ0) is 13.1. The van der Waals surface area contributed by atoms with E-state index >= 15 is 0 Å². The van der Waals surface area contributed by atoms with E-state index in [1.807, 2.05) is 19.9 Å². The number of nitro groups is 1. The third-order valence-electron chi connectivity index (χ3n) is 3.21. The van der Waals surface area contributed by atoms with Crippen LogP contribution in [0.3, 0.4) is 0 Å². The van der Waals surface area contributed by atoms with E-state index in [1.165, 1.54) is 0 Å². The largest absolute Gasteiger partial charge is 0.378 e. The van der Waals surface area contributed by atoms with Gasteiger partial charge in [-0.1, -0.05) is 6.07 Å². The molecule has 18 heavy (non-hydrogen) atoms. The quantitative estimate of drug-likeness (QED) is 0.644. The molecule has 1 aromatic rings. The lowest BCUT2D eigenvalue weighted by molar-refractivity contribution is -0.384. The first-order valence-electron chi connectivity index (χ1n) is 6.23. The lowest BCUT2D eigenvalue weighted by atomic mass is 9.89. The Morgan fingerprint density at radius 2 is 2.22 bits per heavy atom. The molecule has 1 fully saturated rings. The minimum atomic E-state index is -0.347. The highest BCUT2D eigenvalue weighted by molar-refractivity contribution is 5.63. The van der Waals surface area contributed by atoms with Crippen molar-refractivity contribution in [3.63, 3.8) is 0 Å². The highest BCUT2D eigenvalue weighted by atomic mass is 16.6. The van der Waals surface area contributed by atoms with Crippen molar-refractivity contribution in [3.8, 4) is 0 Å². The van der Waals surface area contributed by atoms with Crippen molar-refractivity contribution in [1.82, 2.24) is 0 Å². The van der Waals surface area contributed by atoms with Crippen LogP contribution < -0.4 is 5.32 Å². The van der Waals surface area contributed by atoms with Gasteiger partial charge in [-0.25, -0.2) is 0 Å². The first kappa shape index (κ1) is 12.8. The first-order valence-corrected chi connectivity index (χ1v) is 6.23. The molecule has 1 saturated carbocycles. The van der Waals surface area contributed by atoms with Gasteiger partial charge in [0.25, 0.3) is 5.69 Å². The molecule has 0 heterocycles. The number of benzene rings is 1. The number of nitrogens with zero attached hydrogens (tertiary/aromatic N) is 1. The van der Waals surface area contributed by atoms with Gasteiger partial charge in [0, 0.05) is 18.7 Å². The summed E-state index contributed by atoms with van der Waals surface area (Å²) in [6.07, 6.45) is 2.13. The van der Waals surface area contributed by atoms with E-state index in [0.29, 0.717) is 11.8 Å². The third kappa shape index (κ3) is 2.79. The van der Waals surface area contributed by atoms with Gasteiger partial charge in [-0.3, -0.25) is 10.1 Å². The fourth-order valence-corrected chi connectivity index (χ4v) is 2.20. The summed E-state index contributed by atoms with van der Waals surface area (Å²) in [4.78, 5) is 10.6. The molecule has 2 rings (SSSR count). The number of rotatable bonds is 5. The molecule has 0 unspecified atom stereocenters. The molecule has 0 radical (unpaired) electrons. The van der Waals surface area contributed by atoms with Gasteiger partial charge < -0.3 is 10.1 Å². The predicted molar refractivity (Wildman–Crippen MR) is 69.9 cm³/mol. The van der Waals surface area contributed by atoms with Crippen LogP contribution in [0.25, 0.3) is 0 Å². The molecule has 0 aromatic heterocycles. The van der Waals surface area contributed by atoms with Crippen LogP contribution in [0.5, 0.6) is 0 Å². The number of hydrogen-bond donors (Lipinski definition) is 1. The molecule has 5 heteroatoms. The topological polar surface area (TPSA) is 64.4 Å². The summed E-state index contributed by atoms with van der Waals surface area (Å²) in [5, 5.41) is 14.2. The summed E-state index contributed by atoms with van der Waals surface area (Å²) in [7, 11) is 0. The van der Waals surface area contributed by atoms with Crippen molar-refractivity contribution in [3.05, 3.63) is 33.9 Å². The fourth-order valence-electron chi connectivity index (χ4n) is 2.20. The molecule has 0 saturated heterocycles. The fraction of sp³-hybridized carbons (Fsp3) is 0.538. The Hall–Kier alpha value is -1.62. The normalized spacial score (nSPS) is 22.3. The summed E-state index contributed by atoms with van der Waals surface area (Å²) in [5.74, 6) is 0. The van der Waals surface area contributed by atoms with Gasteiger partial charge in [0.15, 0.2) is 0 Å². The van der Waals surface area contributed by atoms with Gasteiger partial charge in [0.05, 0.1) is 11.0 Å². The van der Waals surface area contributed by atoms with Crippen LogP contribution in [0.2, 0.25) is 0 Å². The van der Waals surface area contributed by atoms with E-state index in [-0.39, 0.29) is 16.7 Å². The van der Waals surface area contributed by atoms with Gasteiger partial charge in [-0.15, -0.1) is 0 Å². The Morgan fingerprint density at radius 3 is 2.83 bits per heavy atom. The Labute approximate surface area is 106 Å². The van der Waals surface area contributed by atoms with Crippen molar-refractivity contribution in [2.45, 2.75) is 38.8 Å². The summed E-state index contributed by atoms with van der Waals surface area (Å²) >= 11 is 0. The van der Waals surface area contributed by atoms with E-state index in [4.69, 9.17) is 4.74 Å². The molecule has 0 aliphatic heterocycles. The number of ether oxygens (including phenoxy) is 1.